The average Bonchev–Trinajstić information content (AvgIpc) is 3.19. The number of hydrogen-bond acceptors (Lipinski definition) is 2. The molecule has 0 aromatic heterocycles. The molecule has 2 fully saturated rings. The summed E-state index contributed by atoms with van der Waals surface area (Å²) in [6, 6.07) is 3.83. The fourth-order valence-corrected chi connectivity index (χ4v) is 3.01. The lowest BCUT2D eigenvalue weighted by atomic mass is 9.95. The number of halogens is 4. The van der Waals surface area contributed by atoms with E-state index in [1.165, 1.54) is 18.5 Å². The summed E-state index contributed by atoms with van der Waals surface area (Å²) in [5.41, 5.74) is 5.71. The molecule has 0 bridgehead atoms. The van der Waals surface area contributed by atoms with Crippen molar-refractivity contribution >= 4 is 23.1 Å². The van der Waals surface area contributed by atoms with Gasteiger partial charge >= 0.3 is 0 Å². The van der Waals surface area contributed by atoms with Gasteiger partial charge in [0.15, 0.2) is 0 Å². The highest BCUT2D eigenvalue weighted by molar-refractivity contribution is 6.15. The van der Waals surface area contributed by atoms with Gasteiger partial charge in [-0.25, -0.2) is 13.2 Å². The summed E-state index contributed by atoms with van der Waals surface area (Å²) in [6.07, 6.45) is 2.36. The van der Waals surface area contributed by atoms with Crippen LogP contribution in [0.1, 0.15) is 31.2 Å². The summed E-state index contributed by atoms with van der Waals surface area (Å²) < 4.78 is 40.1. The molecule has 1 aliphatic heterocycles. The number of anilines is 1. The first-order valence-corrected chi connectivity index (χ1v) is 7.76. The van der Waals surface area contributed by atoms with Gasteiger partial charge in [-0.3, -0.25) is 5.41 Å². The first kappa shape index (κ1) is 16.9. The second kappa shape index (κ2) is 5.99. The minimum absolute atomic E-state index is 0.121. The van der Waals surface area contributed by atoms with Gasteiger partial charge in [0.1, 0.15) is 11.7 Å². The maximum Gasteiger partial charge on any atom is 0.252 e. The first-order valence-electron chi connectivity index (χ1n) is 7.00. The molecule has 1 aromatic carbocycles. The van der Waals surface area contributed by atoms with Crippen LogP contribution in [0.5, 0.6) is 0 Å². The van der Waals surface area contributed by atoms with Gasteiger partial charge in [0, 0.05) is 42.6 Å². The molecule has 1 saturated carbocycles. The van der Waals surface area contributed by atoms with Crippen molar-refractivity contribution in [2.24, 2.45) is 0 Å². The molecule has 7 heteroatoms. The number of benzene rings is 1. The number of amidine groups is 1. The van der Waals surface area contributed by atoms with Crippen molar-refractivity contribution in [3.05, 3.63) is 29.6 Å². The predicted octanol–water partition coefficient (Wildman–Crippen LogP) is 3.85. The minimum Gasteiger partial charge on any atom is -0.398 e. The van der Waals surface area contributed by atoms with E-state index in [9.17, 15) is 13.2 Å². The number of hydrogen-bond donors (Lipinski definition) is 2. The third kappa shape index (κ3) is 3.16. The Morgan fingerprint density at radius 2 is 1.91 bits per heavy atom. The highest BCUT2D eigenvalue weighted by Crippen LogP contribution is 2.53. The highest BCUT2D eigenvalue weighted by Gasteiger charge is 2.58. The lowest BCUT2D eigenvalue weighted by Gasteiger charge is -2.41. The van der Waals surface area contributed by atoms with Crippen molar-refractivity contribution in [3.63, 3.8) is 0 Å². The maximum absolute atomic E-state index is 13.5. The van der Waals surface area contributed by atoms with Gasteiger partial charge in [-0.15, -0.1) is 11.6 Å². The topological polar surface area (TPSA) is 53.1 Å². The highest BCUT2D eigenvalue weighted by atomic mass is 35.5. The molecule has 0 radical (unpaired) electrons. The fourth-order valence-electron chi connectivity index (χ4n) is 3.01. The van der Waals surface area contributed by atoms with Crippen LogP contribution in [0.3, 0.4) is 0 Å². The van der Waals surface area contributed by atoms with Crippen LogP contribution < -0.4 is 5.73 Å². The number of nitrogens with zero attached hydrogens (tertiary/aromatic N) is 1. The molecule has 2 aliphatic rings. The van der Waals surface area contributed by atoms with Crippen molar-refractivity contribution in [2.75, 3.05) is 18.7 Å². The summed E-state index contributed by atoms with van der Waals surface area (Å²) in [5, 5.41) is 8.24. The molecule has 1 heterocycles. The number of alkyl halides is 3. The van der Waals surface area contributed by atoms with Crippen molar-refractivity contribution in [1.82, 2.24) is 4.90 Å². The lowest BCUT2D eigenvalue weighted by Crippen LogP contribution is -2.51. The van der Waals surface area contributed by atoms with Gasteiger partial charge < -0.3 is 10.6 Å². The maximum atomic E-state index is 13.5. The Kier molecular flexibility index (Phi) is 4.61. The lowest BCUT2D eigenvalue weighted by molar-refractivity contribution is -0.0690. The van der Waals surface area contributed by atoms with Crippen LogP contribution in [-0.2, 0) is 0 Å². The molecule has 0 amide bonds. The van der Waals surface area contributed by atoms with Gasteiger partial charge in [-0.2, -0.15) is 0 Å². The van der Waals surface area contributed by atoms with E-state index >= 15 is 0 Å². The first-order chi connectivity index (χ1) is 10.3. The second-order valence-corrected chi connectivity index (χ2v) is 5.74. The van der Waals surface area contributed by atoms with E-state index in [0.29, 0.717) is 18.4 Å². The average molecular weight is 334 g/mol. The number of likely N-dealkylation sites (tertiary alicyclic amines) is 1. The number of piperidine rings is 1. The quantitative estimate of drug-likeness (QED) is 0.355. The van der Waals surface area contributed by atoms with E-state index < -0.39 is 17.3 Å². The van der Waals surface area contributed by atoms with Crippen LogP contribution in [0.25, 0.3) is 0 Å². The number of nitrogens with two attached hydrogens (primary N) is 1. The molecule has 22 heavy (non-hydrogen) atoms. The van der Waals surface area contributed by atoms with Gasteiger partial charge in [0.25, 0.3) is 5.92 Å². The Morgan fingerprint density at radius 3 is 2.45 bits per heavy atom. The Hall–Kier alpha value is -1.43. The largest absolute Gasteiger partial charge is 0.398 e. The number of rotatable bonds is 1. The van der Waals surface area contributed by atoms with E-state index in [-0.39, 0.29) is 30.9 Å². The van der Waals surface area contributed by atoms with E-state index in [2.05, 4.69) is 11.6 Å². The van der Waals surface area contributed by atoms with Crippen molar-refractivity contribution in [2.45, 2.75) is 37.1 Å². The molecule has 0 unspecified atom stereocenters. The van der Waals surface area contributed by atoms with Crippen molar-refractivity contribution in [3.8, 4) is 0 Å². The van der Waals surface area contributed by atoms with Crippen LogP contribution in [-0.4, -0.2) is 35.1 Å². The standard InChI is InChI=1S/C14H16F3N3.CH3Cl/c15-9-1-2-10(11(18)7-9)12(19)20-6-5-14(16,17)8-13(20)3-4-13;1-2/h1-2,7,19H,3-6,8,18H2;1H3. The van der Waals surface area contributed by atoms with E-state index in [1.54, 1.807) is 4.90 Å². The molecule has 3 N–H and O–H groups in total. The Morgan fingerprint density at radius 1 is 1.27 bits per heavy atom. The van der Waals surface area contributed by atoms with Crippen LogP contribution >= 0.6 is 11.6 Å². The number of nitrogen functional groups attached to an aromatic ring is 1. The van der Waals surface area contributed by atoms with Crippen LogP contribution in [0, 0.1) is 11.2 Å². The van der Waals surface area contributed by atoms with Crippen molar-refractivity contribution in [1.29, 1.82) is 5.41 Å². The summed E-state index contributed by atoms with van der Waals surface area (Å²) in [7, 11) is 0. The normalized spacial score (nSPS) is 21.0. The Labute approximate surface area is 132 Å². The fraction of sp³-hybridized carbons (Fsp3) is 0.533. The van der Waals surface area contributed by atoms with Gasteiger partial charge in [-0.05, 0) is 31.0 Å². The Balaban J connectivity index is 0.000000847. The van der Waals surface area contributed by atoms with Gasteiger partial charge in [0.05, 0.1) is 0 Å². The molecule has 1 spiro atoms. The molecule has 0 atom stereocenters. The van der Waals surface area contributed by atoms with E-state index in [0.717, 1.165) is 6.07 Å². The van der Waals surface area contributed by atoms with Gasteiger partial charge in [0.2, 0.25) is 0 Å². The SMILES string of the molecule is CCl.N=C(c1ccc(F)cc1N)N1CCC(F)(F)CC12CC2. The minimum atomic E-state index is -2.65. The zero-order chi connectivity index (χ0) is 16.5. The molecule has 1 aromatic rings. The summed E-state index contributed by atoms with van der Waals surface area (Å²) in [5.74, 6) is -3.00. The van der Waals surface area contributed by atoms with Gasteiger partial charge in [-0.1, -0.05) is 0 Å². The zero-order valence-electron chi connectivity index (χ0n) is 12.3. The molecule has 3 nitrogen and oxygen atoms in total. The van der Waals surface area contributed by atoms with Crippen LogP contribution in [0.15, 0.2) is 18.2 Å². The van der Waals surface area contributed by atoms with Crippen molar-refractivity contribution < 1.29 is 13.2 Å². The molecular weight excluding hydrogens is 315 g/mol. The van der Waals surface area contributed by atoms with Crippen LogP contribution in [0.2, 0.25) is 0 Å². The second-order valence-electron chi connectivity index (χ2n) is 5.74. The smallest absolute Gasteiger partial charge is 0.252 e. The third-order valence-electron chi connectivity index (χ3n) is 4.23. The van der Waals surface area contributed by atoms with E-state index in [1.807, 2.05) is 0 Å². The summed E-state index contributed by atoms with van der Waals surface area (Å²) >= 11 is 4.64. The molecule has 3 rings (SSSR count). The molecule has 122 valence electrons. The van der Waals surface area contributed by atoms with Crippen LogP contribution in [0.4, 0.5) is 18.9 Å². The summed E-state index contributed by atoms with van der Waals surface area (Å²) in [6.45, 7) is 0.142. The van der Waals surface area contributed by atoms with E-state index in [4.69, 9.17) is 11.1 Å². The Bertz CT molecular complexity index is 573. The summed E-state index contributed by atoms with van der Waals surface area (Å²) in [4.78, 5) is 1.72. The molecular formula is C15H19ClF3N3. The predicted molar refractivity (Wildman–Crippen MR) is 82.3 cm³/mol. The monoisotopic (exact) mass is 333 g/mol. The molecule has 1 saturated heterocycles. The molecule has 1 aliphatic carbocycles. The number of nitrogens with one attached hydrogen (secondary N) is 1. The third-order valence-corrected chi connectivity index (χ3v) is 4.23. The zero-order valence-corrected chi connectivity index (χ0v) is 13.1.